The second kappa shape index (κ2) is 5.09. The Labute approximate surface area is 110 Å². The van der Waals surface area contributed by atoms with Crippen LogP contribution in [0.3, 0.4) is 0 Å². The summed E-state index contributed by atoms with van der Waals surface area (Å²) in [6.07, 6.45) is 1.45. The number of rotatable bonds is 3. The predicted molar refractivity (Wildman–Crippen MR) is 67.8 cm³/mol. The lowest BCUT2D eigenvalue weighted by Crippen LogP contribution is -2.28. The molecule has 0 aromatic carbocycles. The molecule has 0 saturated carbocycles. The molecule has 6 heteroatoms. The maximum Gasteiger partial charge on any atom is 0.274 e. The Balaban J connectivity index is 2.18. The molecule has 2 aromatic heterocycles. The molecular formula is C13H15N3O3. The van der Waals surface area contributed by atoms with Crippen molar-refractivity contribution in [1.82, 2.24) is 15.5 Å². The van der Waals surface area contributed by atoms with Crippen molar-refractivity contribution < 1.29 is 14.4 Å². The van der Waals surface area contributed by atoms with Crippen LogP contribution >= 0.6 is 0 Å². The molecule has 100 valence electrons. The van der Waals surface area contributed by atoms with Crippen molar-refractivity contribution in [1.29, 1.82) is 0 Å². The number of amides is 1. The molecule has 0 spiro atoms. The van der Waals surface area contributed by atoms with Gasteiger partial charge >= 0.3 is 0 Å². The van der Waals surface area contributed by atoms with Crippen molar-refractivity contribution in [2.75, 3.05) is 0 Å². The van der Waals surface area contributed by atoms with Crippen LogP contribution in [0.1, 0.15) is 40.5 Å². The Hall–Kier alpha value is -2.37. The fraction of sp³-hybridized carbons (Fsp3) is 0.308. The third-order valence-corrected chi connectivity index (χ3v) is 2.87. The lowest BCUT2D eigenvalue weighted by molar-refractivity contribution is 0.0931. The van der Waals surface area contributed by atoms with Crippen LogP contribution in [0.5, 0.6) is 5.75 Å². The lowest BCUT2D eigenvalue weighted by atomic mass is 10.1. The molecule has 1 atom stereocenters. The Morgan fingerprint density at radius 3 is 2.79 bits per heavy atom. The molecule has 1 amide bonds. The second-order valence-electron chi connectivity index (χ2n) is 4.30. The molecule has 2 heterocycles. The van der Waals surface area contributed by atoms with Crippen LogP contribution < -0.4 is 5.32 Å². The van der Waals surface area contributed by atoms with E-state index in [0.29, 0.717) is 5.76 Å². The number of nitrogens with one attached hydrogen (secondary N) is 1. The average Bonchev–Trinajstić information content (AvgIpc) is 2.69. The van der Waals surface area contributed by atoms with E-state index in [1.807, 2.05) is 13.8 Å². The van der Waals surface area contributed by atoms with Gasteiger partial charge in [-0.25, -0.2) is 4.98 Å². The number of carbonyl (C=O) groups excluding carboxylic acids is 1. The van der Waals surface area contributed by atoms with Gasteiger partial charge in [-0.05, 0) is 32.9 Å². The van der Waals surface area contributed by atoms with Gasteiger partial charge in [-0.2, -0.15) is 0 Å². The molecule has 0 fully saturated rings. The largest absolute Gasteiger partial charge is 0.505 e. The summed E-state index contributed by atoms with van der Waals surface area (Å²) in [5, 5.41) is 16.2. The van der Waals surface area contributed by atoms with Gasteiger partial charge in [0.15, 0.2) is 5.69 Å². The highest BCUT2D eigenvalue weighted by molar-refractivity contribution is 5.94. The van der Waals surface area contributed by atoms with E-state index in [0.717, 1.165) is 11.3 Å². The van der Waals surface area contributed by atoms with Crippen LogP contribution in [-0.4, -0.2) is 21.2 Å². The molecule has 19 heavy (non-hydrogen) atoms. The normalized spacial score (nSPS) is 12.2. The van der Waals surface area contributed by atoms with Gasteiger partial charge in [0.05, 0.1) is 11.7 Å². The lowest BCUT2D eigenvalue weighted by Gasteiger charge is -2.13. The fourth-order valence-electron chi connectivity index (χ4n) is 2.02. The molecule has 2 aromatic rings. The minimum atomic E-state index is -0.439. The van der Waals surface area contributed by atoms with Crippen molar-refractivity contribution in [3.05, 3.63) is 41.0 Å². The zero-order chi connectivity index (χ0) is 14.0. The van der Waals surface area contributed by atoms with Crippen molar-refractivity contribution in [2.45, 2.75) is 26.8 Å². The topological polar surface area (TPSA) is 88.3 Å². The second-order valence-corrected chi connectivity index (χ2v) is 4.30. The number of hydrogen-bond acceptors (Lipinski definition) is 5. The van der Waals surface area contributed by atoms with E-state index in [2.05, 4.69) is 15.5 Å². The van der Waals surface area contributed by atoms with Gasteiger partial charge in [-0.3, -0.25) is 4.79 Å². The van der Waals surface area contributed by atoms with Gasteiger partial charge < -0.3 is 14.9 Å². The van der Waals surface area contributed by atoms with Crippen molar-refractivity contribution >= 4 is 5.91 Å². The van der Waals surface area contributed by atoms with Crippen molar-refractivity contribution in [3.8, 4) is 5.75 Å². The Morgan fingerprint density at radius 1 is 1.47 bits per heavy atom. The van der Waals surface area contributed by atoms with E-state index in [1.165, 1.54) is 12.3 Å². The minimum absolute atomic E-state index is 0.00103. The first-order valence-corrected chi connectivity index (χ1v) is 5.88. The van der Waals surface area contributed by atoms with Gasteiger partial charge in [-0.1, -0.05) is 5.16 Å². The van der Waals surface area contributed by atoms with Gasteiger partial charge in [-0.15, -0.1) is 0 Å². The number of aromatic nitrogens is 2. The standard InChI is InChI=1S/C13H15N3O3/c1-7(11-8(2)16-19-9(11)3)15-13(18)12-10(17)5-4-6-14-12/h4-7,17H,1-3H3,(H,15,18). The van der Waals surface area contributed by atoms with Crippen LogP contribution in [-0.2, 0) is 0 Å². The van der Waals surface area contributed by atoms with E-state index in [4.69, 9.17) is 4.52 Å². The SMILES string of the molecule is Cc1noc(C)c1C(C)NC(=O)c1ncccc1O. The third-order valence-electron chi connectivity index (χ3n) is 2.87. The number of pyridine rings is 1. The first kappa shape index (κ1) is 13.1. The number of hydrogen-bond donors (Lipinski definition) is 2. The molecule has 0 aliphatic heterocycles. The number of aryl methyl sites for hydroxylation is 2. The molecule has 2 rings (SSSR count). The highest BCUT2D eigenvalue weighted by Gasteiger charge is 2.20. The maximum atomic E-state index is 12.0. The van der Waals surface area contributed by atoms with Crippen LogP contribution in [0, 0.1) is 13.8 Å². The van der Waals surface area contributed by atoms with E-state index >= 15 is 0 Å². The van der Waals surface area contributed by atoms with Crippen LogP contribution in [0.25, 0.3) is 0 Å². The highest BCUT2D eigenvalue weighted by atomic mass is 16.5. The summed E-state index contributed by atoms with van der Waals surface area (Å²) in [4.78, 5) is 15.9. The number of nitrogens with zero attached hydrogens (tertiary/aromatic N) is 2. The molecule has 0 bridgehead atoms. The smallest absolute Gasteiger partial charge is 0.274 e. The van der Waals surface area contributed by atoms with E-state index < -0.39 is 5.91 Å². The van der Waals surface area contributed by atoms with Crippen molar-refractivity contribution in [3.63, 3.8) is 0 Å². The van der Waals surface area contributed by atoms with Crippen LogP contribution in [0.2, 0.25) is 0 Å². The van der Waals surface area contributed by atoms with Gasteiger partial charge in [0.25, 0.3) is 5.91 Å². The number of aromatic hydroxyl groups is 1. The molecule has 6 nitrogen and oxygen atoms in total. The maximum absolute atomic E-state index is 12.0. The minimum Gasteiger partial charge on any atom is -0.505 e. The summed E-state index contributed by atoms with van der Waals surface area (Å²) < 4.78 is 5.06. The van der Waals surface area contributed by atoms with Crippen LogP contribution in [0.15, 0.2) is 22.9 Å². The molecular weight excluding hydrogens is 246 g/mol. The summed E-state index contributed by atoms with van der Waals surface area (Å²) in [6, 6.07) is 2.70. The summed E-state index contributed by atoms with van der Waals surface area (Å²) >= 11 is 0. The summed E-state index contributed by atoms with van der Waals surface area (Å²) in [6.45, 7) is 5.42. The fourth-order valence-corrected chi connectivity index (χ4v) is 2.02. The van der Waals surface area contributed by atoms with E-state index in [-0.39, 0.29) is 17.5 Å². The molecule has 0 radical (unpaired) electrons. The summed E-state index contributed by atoms with van der Waals surface area (Å²) in [5.41, 5.74) is 1.57. The van der Waals surface area contributed by atoms with Gasteiger partial charge in [0, 0.05) is 11.8 Å². The Kier molecular flexibility index (Phi) is 3.50. The molecule has 2 N–H and O–H groups in total. The number of carbonyl (C=O) groups is 1. The molecule has 0 aliphatic rings. The summed E-state index contributed by atoms with van der Waals surface area (Å²) in [5.74, 6) is 0.0760. The Bertz CT molecular complexity index is 587. The van der Waals surface area contributed by atoms with E-state index in [1.54, 1.807) is 13.0 Å². The van der Waals surface area contributed by atoms with Crippen molar-refractivity contribution in [2.24, 2.45) is 0 Å². The molecule has 1 unspecified atom stereocenters. The first-order chi connectivity index (χ1) is 9.00. The predicted octanol–water partition coefficient (Wildman–Crippen LogP) is 1.88. The van der Waals surface area contributed by atoms with E-state index in [9.17, 15) is 9.90 Å². The Morgan fingerprint density at radius 2 is 2.21 bits per heavy atom. The average molecular weight is 261 g/mol. The highest BCUT2D eigenvalue weighted by Crippen LogP contribution is 2.22. The monoisotopic (exact) mass is 261 g/mol. The summed E-state index contributed by atoms with van der Waals surface area (Å²) in [7, 11) is 0. The molecule has 0 aliphatic carbocycles. The third kappa shape index (κ3) is 2.57. The first-order valence-electron chi connectivity index (χ1n) is 5.88. The quantitative estimate of drug-likeness (QED) is 0.880. The van der Waals surface area contributed by atoms with Gasteiger partial charge in [0.2, 0.25) is 0 Å². The van der Waals surface area contributed by atoms with Gasteiger partial charge in [0.1, 0.15) is 11.5 Å². The zero-order valence-corrected chi connectivity index (χ0v) is 11.0. The zero-order valence-electron chi connectivity index (χ0n) is 11.0. The van der Waals surface area contributed by atoms with Crippen LogP contribution in [0.4, 0.5) is 0 Å². The molecule has 0 saturated heterocycles.